The second kappa shape index (κ2) is 7.92. The molecule has 0 radical (unpaired) electrons. The molecule has 0 saturated carbocycles. The fourth-order valence-electron chi connectivity index (χ4n) is 2.78. The molecule has 2 rings (SSSR count). The fraction of sp³-hybridized carbons (Fsp3) is 0.471. The number of aryl methyl sites for hydroxylation is 1. The Balaban J connectivity index is 2.19. The smallest absolute Gasteiger partial charge is 0.263 e. The van der Waals surface area contributed by atoms with Gasteiger partial charge in [-0.1, -0.05) is 26.0 Å². The quantitative estimate of drug-likeness (QED) is 0.685. The Kier molecular flexibility index (Phi) is 5.92. The first kappa shape index (κ1) is 17.9. The fourth-order valence-corrected chi connectivity index (χ4v) is 2.78. The van der Waals surface area contributed by atoms with Crippen LogP contribution in [0.2, 0.25) is 0 Å². The van der Waals surface area contributed by atoms with Crippen LogP contribution in [0.1, 0.15) is 13.8 Å². The van der Waals surface area contributed by atoms with Crippen molar-refractivity contribution in [3.05, 3.63) is 41.9 Å². The first-order chi connectivity index (χ1) is 11.5. The largest absolute Gasteiger partial charge is 0.354 e. The Morgan fingerprint density at radius 1 is 1.38 bits per heavy atom. The van der Waals surface area contributed by atoms with Crippen molar-refractivity contribution in [1.29, 1.82) is 0 Å². The molecule has 2 N–H and O–H groups in total. The summed E-state index contributed by atoms with van der Waals surface area (Å²) in [5.41, 5.74) is 0.377. The average molecular weight is 330 g/mol. The highest BCUT2D eigenvalue weighted by atomic mass is 16.1. The summed E-state index contributed by atoms with van der Waals surface area (Å²) >= 11 is 0. The third-order valence-corrected chi connectivity index (χ3v) is 4.05. The molecule has 1 atom stereocenters. The maximum atomic E-state index is 12.1. The van der Waals surface area contributed by atoms with E-state index in [0.29, 0.717) is 29.4 Å². The van der Waals surface area contributed by atoms with Crippen LogP contribution in [-0.4, -0.2) is 50.3 Å². The second-order valence-corrected chi connectivity index (χ2v) is 6.14. The molecular formula is C17H26N6O. The summed E-state index contributed by atoms with van der Waals surface area (Å²) in [4.78, 5) is 21.6. The van der Waals surface area contributed by atoms with E-state index >= 15 is 0 Å². The van der Waals surface area contributed by atoms with E-state index < -0.39 is 0 Å². The highest BCUT2D eigenvalue weighted by Crippen LogP contribution is 2.13. The number of fused-ring (bicyclic) bond motifs is 1. The molecule has 0 aliphatic carbocycles. The highest BCUT2D eigenvalue weighted by Gasteiger charge is 2.20. The molecule has 0 aliphatic heterocycles. The molecule has 24 heavy (non-hydrogen) atoms. The van der Waals surface area contributed by atoms with E-state index in [9.17, 15) is 4.79 Å². The molecule has 0 bridgehead atoms. The van der Waals surface area contributed by atoms with Gasteiger partial charge < -0.3 is 5.32 Å². The van der Waals surface area contributed by atoms with Crippen LogP contribution in [-0.2, 0) is 7.05 Å². The number of nitrogens with zero attached hydrogens (tertiary/aromatic N) is 4. The van der Waals surface area contributed by atoms with Crippen LogP contribution >= 0.6 is 0 Å². The number of hydrogen-bond donors (Lipinski definition) is 2. The van der Waals surface area contributed by atoms with E-state index in [0.717, 1.165) is 13.1 Å². The van der Waals surface area contributed by atoms with Gasteiger partial charge >= 0.3 is 0 Å². The topological polar surface area (TPSA) is 78.8 Å². The van der Waals surface area contributed by atoms with Gasteiger partial charge in [-0.25, -0.2) is 0 Å². The zero-order valence-corrected chi connectivity index (χ0v) is 14.6. The number of nitrogens with one attached hydrogen (secondary N) is 2. The lowest BCUT2D eigenvalue weighted by atomic mass is 10.0. The van der Waals surface area contributed by atoms with Gasteiger partial charge in [0.15, 0.2) is 5.65 Å². The highest BCUT2D eigenvalue weighted by molar-refractivity contribution is 5.74. The van der Waals surface area contributed by atoms with Crippen LogP contribution in [0.5, 0.6) is 0 Å². The molecule has 0 amide bonds. The predicted molar refractivity (Wildman–Crippen MR) is 98.2 cm³/mol. The van der Waals surface area contributed by atoms with Gasteiger partial charge in [0.2, 0.25) is 5.95 Å². The molecule has 7 nitrogen and oxygen atoms in total. The van der Waals surface area contributed by atoms with E-state index in [4.69, 9.17) is 0 Å². The van der Waals surface area contributed by atoms with E-state index in [1.54, 1.807) is 11.7 Å². The minimum absolute atomic E-state index is 0.189. The number of rotatable bonds is 9. The van der Waals surface area contributed by atoms with Crippen molar-refractivity contribution in [2.75, 3.05) is 25.0 Å². The molecule has 2 aromatic rings. The Morgan fingerprint density at radius 2 is 2.04 bits per heavy atom. The summed E-state index contributed by atoms with van der Waals surface area (Å²) in [6.45, 7) is 14.2. The zero-order valence-electron chi connectivity index (χ0n) is 14.6. The summed E-state index contributed by atoms with van der Waals surface area (Å²) in [5, 5.41) is 7.82. The second-order valence-electron chi connectivity index (χ2n) is 6.14. The number of aromatic nitrogens is 4. The van der Waals surface area contributed by atoms with Gasteiger partial charge in [-0.3, -0.25) is 19.4 Å². The molecule has 0 aromatic carbocycles. The normalized spacial score (nSPS) is 12.7. The summed E-state index contributed by atoms with van der Waals surface area (Å²) in [7, 11) is 1.77. The first-order valence-electron chi connectivity index (χ1n) is 8.09. The molecule has 1 unspecified atom stereocenters. The molecule has 0 saturated heterocycles. The van der Waals surface area contributed by atoms with Gasteiger partial charge in [0.25, 0.3) is 5.56 Å². The van der Waals surface area contributed by atoms with Gasteiger partial charge in [-0.05, 0) is 5.92 Å². The number of anilines is 1. The summed E-state index contributed by atoms with van der Waals surface area (Å²) < 4.78 is 1.59. The molecule has 130 valence electrons. The SMILES string of the molecule is C=CCN(CC=C)C(CNc1nc2c(cnn2C)c(=O)[nH]1)C(C)C. The van der Waals surface area contributed by atoms with Crippen molar-refractivity contribution in [3.63, 3.8) is 0 Å². The molecule has 0 aliphatic rings. The van der Waals surface area contributed by atoms with Crippen molar-refractivity contribution < 1.29 is 0 Å². The molecule has 0 spiro atoms. The van der Waals surface area contributed by atoms with Gasteiger partial charge in [0.05, 0.1) is 6.20 Å². The van der Waals surface area contributed by atoms with E-state index in [1.165, 1.54) is 6.20 Å². The van der Waals surface area contributed by atoms with Gasteiger partial charge in [-0.2, -0.15) is 10.1 Å². The molecule has 2 heterocycles. The lowest BCUT2D eigenvalue weighted by Gasteiger charge is -2.33. The maximum absolute atomic E-state index is 12.1. The minimum Gasteiger partial charge on any atom is -0.354 e. The summed E-state index contributed by atoms with van der Waals surface area (Å²) in [6.07, 6.45) is 5.30. The Hall–Kier alpha value is -2.41. The van der Waals surface area contributed by atoms with Gasteiger partial charge in [0, 0.05) is 32.7 Å². The molecule has 7 heteroatoms. The Bertz CT molecular complexity index is 750. The molecule has 0 fully saturated rings. The van der Waals surface area contributed by atoms with E-state index in [-0.39, 0.29) is 11.6 Å². The van der Waals surface area contributed by atoms with Crippen LogP contribution in [0, 0.1) is 5.92 Å². The van der Waals surface area contributed by atoms with Crippen molar-refractivity contribution >= 4 is 17.0 Å². The standard InChI is InChI=1S/C17H26N6O/c1-6-8-23(9-7-2)14(12(3)4)11-18-17-20-15-13(16(24)21-17)10-19-22(15)5/h6-7,10,12,14H,1-2,8-9,11H2,3-5H3,(H2,18,20,21,24). The summed E-state index contributed by atoms with van der Waals surface area (Å²) in [6, 6.07) is 0.258. The predicted octanol–water partition coefficient (Wildman–Crippen LogP) is 1.77. The molecule has 2 aromatic heterocycles. The summed E-state index contributed by atoms with van der Waals surface area (Å²) in [5.74, 6) is 0.878. The van der Waals surface area contributed by atoms with Gasteiger partial charge in [0.1, 0.15) is 5.39 Å². The van der Waals surface area contributed by atoms with Crippen molar-refractivity contribution in [2.24, 2.45) is 13.0 Å². The van der Waals surface area contributed by atoms with Crippen molar-refractivity contribution in [1.82, 2.24) is 24.6 Å². The van der Waals surface area contributed by atoms with E-state index in [2.05, 4.69) is 52.3 Å². The third kappa shape index (κ3) is 3.91. The van der Waals surface area contributed by atoms with Crippen LogP contribution in [0.15, 0.2) is 36.3 Å². The number of hydrogen-bond acceptors (Lipinski definition) is 5. The van der Waals surface area contributed by atoms with Crippen LogP contribution in [0.3, 0.4) is 0 Å². The van der Waals surface area contributed by atoms with Crippen LogP contribution < -0.4 is 10.9 Å². The lowest BCUT2D eigenvalue weighted by Crippen LogP contribution is -2.44. The maximum Gasteiger partial charge on any atom is 0.263 e. The van der Waals surface area contributed by atoms with Crippen molar-refractivity contribution in [2.45, 2.75) is 19.9 Å². The van der Waals surface area contributed by atoms with Crippen LogP contribution in [0.25, 0.3) is 11.0 Å². The Labute approximate surface area is 142 Å². The Morgan fingerprint density at radius 3 is 2.62 bits per heavy atom. The average Bonchev–Trinajstić information content (AvgIpc) is 2.89. The first-order valence-corrected chi connectivity index (χ1v) is 8.09. The molecular weight excluding hydrogens is 304 g/mol. The van der Waals surface area contributed by atoms with E-state index in [1.807, 2.05) is 12.2 Å². The van der Waals surface area contributed by atoms with Crippen molar-refractivity contribution in [3.8, 4) is 0 Å². The third-order valence-electron chi connectivity index (χ3n) is 4.05. The number of H-pyrrole nitrogens is 1. The monoisotopic (exact) mass is 330 g/mol. The zero-order chi connectivity index (χ0) is 17.7. The number of aromatic amines is 1. The lowest BCUT2D eigenvalue weighted by molar-refractivity contribution is 0.199. The van der Waals surface area contributed by atoms with Crippen LogP contribution in [0.4, 0.5) is 5.95 Å². The minimum atomic E-state index is -0.189. The van der Waals surface area contributed by atoms with Gasteiger partial charge in [-0.15, -0.1) is 13.2 Å².